The molecule has 24 heavy (non-hydrogen) atoms. The maximum Gasteiger partial charge on any atom is 0.324 e. The minimum atomic E-state index is -0.244. The molecule has 1 unspecified atom stereocenters. The topological polar surface area (TPSA) is 54.3 Å². The molecule has 0 radical (unpaired) electrons. The number of hydrogen-bond donors (Lipinski definition) is 1. The number of nitrogens with zero attached hydrogens (tertiary/aromatic N) is 2. The second-order valence-corrected chi connectivity index (χ2v) is 7.26. The van der Waals surface area contributed by atoms with Crippen LogP contribution in [0.1, 0.15) is 24.8 Å². The van der Waals surface area contributed by atoms with Gasteiger partial charge in [0.15, 0.2) is 0 Å². The first kappa shape index (κ1) is 15.5. The monoisotopic (exact) mass is 345 g/mol. The number of rotatable bonds is 4. The van der Waals surface area contributed by atoms with Gasteiger partial charge in [-0.2, -0.15) is 0 Å². The lowest BCUT2D eigenvalue weighted by atomic mass is 10.1. The van der Waals surface area contributed by atoms with Crippen LogP contribution >= 0.6 is 11.6 Å². The van der Waals surface area contributed by atoms with Crippen molar-refractivity contribution in [3.63, 3.8) is 0 Å². The molecule has 1 saturated heterocycles. The van der Waals surface area contributed by atoms with E-state index in [9.17, 15) is 9.59 Å². The molecule has 2 heterocycles. The molecule has 2 aliphatic rings. The molecule has 5 nitrogen and oxygen atoms in total. The molecule has 0 spiro atoms. The Kier molecular flexibility index (Phi) is 3.76. The first-order chi connectivity index (χ1) is 11.5. The van der Waals surface area contributed by atoms with Crippen molar-refractivity contribution < 1.29 is 9.59 Å². The van der Waals surface area contributed by atoms with Gasteiger partial charge in [-0.3, -0.25) is 9.69 Å². The molecule has 1 aliphatic heterocycles. The molecule has 1 N–H and O–H groups in total. The maximum absolute atomic E-state index is 12.3. The summed E-state index contributed by atoms with van der Waals surface area (Å²) in [6, 6.07) is 5.59. The normalized spacial score (nSPS) is 21.4. The zero-order chi connectivity index (χ0) is 16.8. The van der Waals surface area contributed by atoms with Crippen LogP contribution in [0.15, 0.2) is 24.4 Å². The molecule has 1 aliphatic carbocycles. The van der Waals surface area contributed by atoms with Crippen LogP contribution in [0.25, 0.3) is 10.9 Å². The van der Waals surface area contributed by atoms with Crippen molar-refractivity contribution >= 4 is 34.4 Å². The number of aryl methyl sites for hydroxylation is 1. The van der Waals surface area contributed by atoms with Crippen molar-refractivity contribution in [2.75, 3.05) is 6.54 Å². The van der Waals surface area contributed by atoms with Gasteiger partial charge in [0.2, 0.25) is 5.91 Å². The molecular weight excluding hydrogens is 326 g/mol. The number of urea groups is 1. The highest BCUT2D eigenvalue weighted by Crippen LogP contribution is 2.35. The van der Waals surface area contributed by atoms with Crippen LogP contribution in [0.4, 0.5) is 4.79 Å². The van der Waals surface area contributed by atoms with Gasteiger partial charge in [0.25, 0.3) is 0 Å². The van der Waals surface area contributed by atoms with Gasteiger partial charge in [-0.15, -0.1) is 0 Å². The Bertz CT molecular complexity index is 807. The third-order valence-corrected chi connectivity index (χ3v) is 5.32. The van der Waals surface area contributed by atoms with Crippen LogP contribution in [-0.2, 0) is 18.3 Å². The van der Waals surface area contributed by atoms with E-state index in [-0.39, 0.29) is 18.0 Å². The highest BCUT2D eigenvalue weighted by atomic mass is 35.5. The van der Waals surface area contributed by atoms with Crippen LogP contribution in [0.5, 0.6) is 0 Å². The van der Waals surface area contributed by atoms with E-state index in [1.165, 1.54) is 4.90 Å². The molecule has 0 bridgehead atoms. The van der Waals surface area contributed by atoms with Gasteiger partial charge in [-0.25, -0.2) is 4.79 Å². The summed E-state index contributed by atoms with van der Waals surface area (Å²) in [6.07, 6.45) is 5.36. The summed E-state index contributed by atoms with van der Waals surface area (Å²) >= 11 is 6.06. The number of hydrogen-bond acceptors (Lipinski definition) is 2. The van der Waals surface area contributed by atoms with E-state index in [1.54, 1.807) is 0 Å². The lowest BCUT2D eigenvalue weighted by Gasteiger charge is -2.31. The highest BCUT2D eigenvalue weighted by molar-refractivity contribution is 6.31. The number of nitrogens with one attached hydrogen (secondary N) is 1. The van der Waals surface area contributed by atoms with Crippen LogP contribution < -0.4 is 5.32 Å². The Balaban J connectivity index is 1.49. The summed E-state index contributed by atoms with van der Waals surface area (Å²) in [5.74, 6) is 0.446. The van der Waals surface area contributed by atoms with E-state index >= 15 is 0 Å². The van der Waals surface area contributed by atoms with Gasteiger partial charge in [0.1, 0.15) is 0 Å². The minimum Gasteiger partial charge on any atom is -0.350 e. The molecule has 2 aromatic rings. The molecule has 2 fully saturated rings. The number of halogens is 1. The van der Waals surface area contributed by atoms with E-state index in [0.29, 0.717) is 30.3 Å². The van der Waals surface area contributed by atoms with Crippen LogP contribution in [-0.4, -0.2) is 34.0 Å². The lowest BCUT2D eigenvalue weighted by Crippen LogP contribution is -2.55. The fourth-order valence-electron chi connectivity index (χ4n) is 3.58. The SMILES string of the molecule is Cn1cc(CCN2C(=O)CC(C3CC3)NC2=O)c2ccc(Cl)cc21. The van der Waals surface area contributed by atoms with Crippen molar-refractivity contribution in [3.05, 3.63) is 35.0 Å². The highest BCUT2D eigenvalue weighted by Gasteiger charge is 2.40. The summed E-state index contributed by atoms with van der Waals surface area (Å²) in [5.41, 5.74) is 2.18. The molecule has 1 saturated carbocycles. The zero-order valence-electron chi connectivity index (χ0n) is 13.6. The van der Waals surface area contributed by atoms with Crippen LogP contribution in [0, 0.1) is 5.92 Å². The Morgan fingerprint density at radius 2 is 2.08 bits per heavy atom. The molecule has 1 aromatic heterocycles. The number of fused-ring (bicyclic) bond motifs is 1. The van der Waals surface area contributed by atoms with Gasteiger partial charge < -0.3 is 9.88 Å². The molecule has 6 heteroatoms. The van der Waals surface area contributed by atoms with Crippen molar-refractivity contribution in [2.24, 2.45) is 13.0 Å². The van der Waals surface area contributed by atoms with Gasteiger partial charge in [-0.05, 0) is 42.9 Å². The Morgan fingerprint density at radius 1 is 1.29 bits per heavy atom. The van der Waals surface area contributed by atoms with Crippen molar-refractivity contribution in [1.82, 2.24) is 14.8 Å². The van der Waals surface area contributed by atoms with Gasteiger partial charge in [-0.1, -0.05) is 17.7 Å². The number of benzene rings is 1. The third-order valence-electron chi connectivity index (χ3n) is 5.08. The average molecular weight is 346 g/mol. The summed E-state index contributed by atoms with van der Waals surface area (Å²) in [7, 11) is 1.97. The Hall–Kier alpha value is -2.01. The van der Waals surface area contributed by atoms with Crippen LogP contribution in [0.3, 0.4) is 0 Å². The quantitative estimate of drug-likeness (QED) is 0.925. The standard InChI is InChI=1S/C18H20ClN3O2/c1-21-10-12(14-5-4-13(19)8-16(14)21)6-7-22-17(23)9-15(11-2-3-11)20-18(22)24/h4-5,8,10-11,15H,2-3,6-7,9H2,1H3,(H,20,24). The van der Waals surface area contributed by atoms with Gasteiger partial charge in [0, 0.05) is 48.2 Å². The summed E-state index contributed by atoms with van der Waals surface area (Å²) in [5, 5.41) is 4.80. The van der Waals surface area contributed by atoms with E-state index < -0.39 is 0 Å². The van der Waals surface area contributed by atoms with Gasteiger partial charge >= 0.3 is 6.03 Å². The predicted octanol–water partition coefficient (Wildman–Crippen LogP) is 3.09. The Morgan fingerprint density at radius 3 is 2.79 bits per heavy atom. The number of carbonyl (C=O) groups excluding carboxylic acids is 2. The summed E-state index contributed by atoms with van der Waals surface area (Å²) in [6.45, 7) is 0.407. The fourth-order valence-corrected chi connectivity index (χ4v) is 3.75. The second kappa shape index (κ2) is 5.81. The molecule has 3 amide bonds. The van der Waals surface area contributed by atoms with E-state index in [4.69, 9.17) is 11.6 Å². The van der Waals surface area contributed by atoms with Crippen molar-refractivity contribution in [1.29, 1.82) is 0 Å². The predicted molar refractivity (Wildman–Crippen MR) is 93.0 cm³/mol. The van der Waals surface area contributed by atoms with E-state index in [1.807, 2.05) is 36.0 Å². The first-order valence-electron chi connectivity index (χ1n) is 8.37. The first-order valence-corrected chi connectivity index (χ1v) is 8.75. The Labute approximate surface area is 145 Å². The average Bonchev–Trinajstić information content (AvgIpc) is 3.33. The summed E-state index contributed by atoms with van der Waals surface area (Å²) < 4.78 is 2.03. The van der Waals surface area contributed by atoms with Crippen molar-refractivity contribution in [3.8, 4) is 0 Å². The number of carbonyl (C=O) groups is 2. The minimum absolute atomic E-state index is 0.0425. The fraction of sp³-hybridized carbons (Fsp3) is 0.444. The second-order valence-electron chi connectivity index (χ2n) is 6.82. The van der Waals surface area contributed by atoms with Crippen LogP contribution in [0.2, 0.25) is 5.02 Å². The molecule has 1 atom stereocenters. The largest absolute Gasteiger partial charge is 0.350 e. The molecule has 4 rings (SSSR count). The number of aromatic nitrogens is 1. The molecular formula is C18H20ClN3O2. The van der Waals surface area contributed by atoms with Gasteiger partial charge in [0.05, 0.1) is 0 Å². The number of amides is 3. The van der Waals surface area contributed by atoms with E-state index in [0.717, 1.165) is 29.3 Å². The third kappa shape index (κ3) is 2.77. The number of imide groups is 1. The zero-order valence-corrected chi connectivity index (χ0v) is 14.3. The lowest BCUT2D eigenvalue weighted by molar-refractivity contribution is -0.130. The maximum atomic E-state index is 12.3. The molecule has 1 aromatic carbocycles. The summed E-state index contributed by atoms with van der Waals surface area (Å²) in [4.78, 5) is 25.9. The van der Waals surface area contributed by atoms with Crippen molar-refractivity contribution in [2.45, 2.75) is 31.7 Å². The van der Waals surface area contributed by atoms with E-state index in [2.05, 4.69) is 5.32 Å². The smallest absolute Gasteiger partial charge is 0.324 e. The molecule has 126 valence electrons.